The number of fused-ring (bicyclic) bond motifs is 2. The number of rotatable bonds is 1. The van der Waals surface area contributed by atoms with Crippen LogP contribution in [0.2, 0.25) is 0 Å². The van der Waals surface area contributed by atoms with Gasteiger partial charge in [0, 0.05) is 25.7 Å². The highest BCUT2D eigenvalue weighted by molar-refractivity contribution is 5.80. The van der Waals surface area contributed by atoms with E-state index in [0.717, 1.165) is 39.1 Å². The molecule has 1 saturated carbocycles. The van der Waals surface area contributed by atoms with Crippen LogP contribution in [0.25, 0.3) is 0 Å². The van der Waals surface area contributed by atoms with Crippen molar-refractivity contribution in [2.24, 2.45) is 11.8 Å². The summed E-state index contributed by atoms with van der Waals surface area (Å²) in [5.74, 6) is 1.33. The van der Waals surface area contributed by atoms with Gasteiger partial charge in [0.1, 0.15) is 0 Å². The average molecular weight is 223 g/mol. The molecule has 0 spiro atoms. The van der Waals surface area contributed by atoms with Gasteiger partial charge < -0.3 is 15.5 Å². The van der Waals surface area contributed by atoms with Gasteiger partial charge in [-0.3, -0.25) is 4.79 Å². The van der Waals surface area contributed by atoms with E-state index in [1.807, 2.05) is 0 Å². The van der Waals surface area contributed by atoms with Crippen molar-refractivity contribution in [3.63, 3.8) is 0 Å². The number of hydrogen-bond donors (Lipinski definition) is 2. The van der Waals surface area contributed by atoms with Crippen molar-refractivity contribution in [3.05, 3.63) is 0 Å². The van der Waals surface area contributed by atoms with Gasteiger partial charge in [-0.2, -0.15) is 0 Å². The highest BCUT2D eigenvalue weighted by Gasteiger charge is 2.46. The molecule has 0 aromatic rings. The standard InChI is InChI=1S/C12H21N3O/c16-12(15-6-1-4-13-5-7-15)11-9-2-3-10(11)14-8-9/h9-11,13-14H,1-8H2/t9-,10-,11+/m0/s1. The van der Waals surface area contributed by atoms with Crippen LogP contribution in [0.3, 0.4) is 0 Å². The van der Waals surface area contributed by atoms with E-state index in [2.05, 4.69) is 15.5 Å². The van der Waals surface area contributed by atoms with E-state index in [-0.39, 0.29) is 5.92 Å². The highest BCUT2D eigenvalue weighted by atomic mass is 16.2. The topological polar surface area (TPSA) is 44.4 Å². The first-order valence-corrected chi connectivity index (χ1v) is 6.59. The SMILES string of the molecule is O=C([C@@H]1[C@H]2CC[C@@H]1NC2)N1CCCNCC1. The summed E-state index contributed by atoms with van der Waals surface area (Å²) in [7, 11) is 0. The van der Waals surface area contributed by atoms with Crippen molar-refractivity contribution >= 4 is 5.91 Å². The zero-order valence-electron chi connectivity index (χ0n) is 9.74. The van der Waals surface area contributed by atoms with Crippen molar-refractivity contribution in [3.8, 4) is 0 Å². The predicted octanol–water partition coefficient (Wildman–Crippen LogP) is -0.194. The van der Waals surface area contributed by atoms with Gasteiger partial charge in [-0.15, -0.1) is 0 Å². The summed E-state index contributed by atoms with van der Waals surface area (Å²) in [4.78, 5) is 14.6. The molecule has 1 amide bonds. The first kappa shape index (κ1) is 10.5. The molecule has 3 atom stereocenters. The van der Waals surface area contributed by atoms with Crippen molar-refractivity contribution in [2.75, 3.05) is 32.7 Å². The third-order valence-electron chi connectivity index (χ3n) is 4.37. The number of nitrogens with zero attached hydrogens (tertiary/aromatic N) is 1. The van der Waals surface area contributed by atoms with Gasteiger partial charge in [0.2, 0.25) is 5.91 Å². The molecule has 2 saturated heterocycles. The van der Waals surface area contributed by atoms with E-state index in [9.17, 15) is 4.79 Å². The Balaban J connectivity index is 1.67. The third-order valence-corrected chi connectivity index (χ3v) is 4.37. The first-order valence-electron chi connectivity index (χ1n) is 6.59. The molecule has 4 heteroatoms. The maximum Gasteiger partial charge on any atom is 0.227 e. The number of carbonyl (C=O) groups is 1. The van der Waals surface area contributed by atoms with Gasteiger partial charge in [0.15, 0.2) is 0 Å². The zero-order valence-corrected chi connectivity index (χ0v) is 9.74. The van der Waals surface area contributed by atoms with E-state index in [0.29, 0.717) is 17.9 Å². The zero-order chi connectivity index (χ0) is 11.0. The molecule has 0 aromatic heterocycles. The van der Waals surface area contributed by atoms with Crippen molar-refractivity contribution < 1.29 is 4.79 Å². The Bertz CT molecular complexity index is 253. The molecule has 1 aliphatic carbocycles. The van der Waals surface area contributed by atoms with E-state index in [1.165, 1.54) is 12.8 Å². The van der Waals surface area contributed by atoms with Crippen LogP contribution < -0.4 is 10.6 Å². The van der Waals surface area contributed by atoms with Crippen LogP contribution in [0.15, 0.2) is 0 Å². The molecule has 90 valence electrons. The Kier molecular flexibility index (Phi) is 2.86. The van der Waals surface area contributed by atoms with Gasteiger partial charge >= 0.3 is 0 Å². The molecule has 2 N–H and O–H groups in total. The van der Waals surface area contributed by atoms with E-state index >= 15 is 0 Å². The van der Waals surface area contributed by atoms with Crippen LogP contribution in [0.4, 0.5) is 0 Å². The Morgan fingerprint density at radius 3 is 2.81 bits per heavy atom. The highest BCUT2D eigenvalue weighted by Crippen LogP contribution is 2.38. The van der Waals surface area contributed by atoms with Gasteiger partial charge in [0.05, 0.1) is 5.92 Å². The Morgan fingerprint density at radius 2 is 2.12 bits per heavy atom. The Hall–Kier alpha value is -0.610. The van der Waals surface area contributed by atoms with Crippen LogP contribution >= 0.6 is 0 Å². The average Bonchev–Trinajstić information content (AvgIpc) is 2.77. The molecule has 3 aliphatic rings. The summed E-state index contributed by atoms with van der Waals surface area (Å²) in [5.41, 5.74) is 0. The fraction of sp³-hybridized carbons (Fsp3) is 0.917. The van der Waals surface area contributed by atoms with Gasteiger partial charge in [-0.25, -0.2) is 0 Å². The molecule has 3 fully saturated rings. The number of amides is 1. The van der Waals surface area contributed by atoms with Gasteiger partial charge in [-0.05, 0) is 38.3 Å². The number of nitrogens with one attached hydrogen (secondary N) is 2. The van der Waals surface area contributed by atoms with Gasteiger partial charge in [-0.1, -0.05) is 0 Å². The van der Waals surface area contributed by atoms with Crippen LogP contribution in [0.5, 0.6) is 0 Å². The smallest absolute Gasteiger partial charge is 0.227 e. The second-order valence-corrected chi connectivity index (χ2v) is 5.31. The molecular formula is C12H21N3O. The minimum Gasteiger partial charge on any atom is -0.341 e. The monoisotopic (exact) mass is 223 g/mol. The second-order valence-electron chi connectivity index (χ2n) is 5.31. The second kappa shape index (κ2) is 4.34. The minimum absolute atomic E-state index is 0.290. The summed E-state index contributed by atoms with van der Waals surface area (Å²) in [5, 5.41) is 6.83. The quantitative estimate of drug-likeness (QED) is 0.647. The lowest BCUT2D eigenvalue weighted by molar-refractivity contribution is -0.136. The molecule has 2 bridgehead atoms. The predicted molar refractivity (Wildman–Crippen MR) is 62.1 cm³/mol. The molecule has 3 rings (SSSR count). The van der Waals surface area contributed by atoms with Crippen molar-refractivity contribution in [1.29, 1.82) is 0 Å². The molecular weight excluding hydrogens is 202 g/mol. The molecule has 2 aliphatic heterocycles. The van der Waals surface area contributed by atoms with E-state index in [4.69, 9.17) is 0 Å². The first-order chi connectivity index (χ1) is 7.86. The molecule has 2 heterocycles. The summed E-state index contributed by atoms with van der Waals surface area (Å²) in [6.45, 7) is 4.92. The third kappa shape index (κ3) is 1.74. The largest absolute Gasteiger partial charge is 0.341 e. The van der Waals surface area contributed by atoms with Crippen molar-refractivity contribution in [1.82, 2.24) is 15.5 Å². The number of piperidine rings is 1. The molecule has 0 aromatic carbocycles. The maximum absolute atomic E-state index is 12.5. The lowest BCUT2D eigenvalue weighted by Crippen LogP contribution is -2.42. The van der Waals surface area contributed by atoms with Crippen molar-refractivity contribution in [2.45, 2.75) is 25.3 Å². The van der Waals surface area contributed by atoms with Crippen LogP contribution in [-0.2, 0) is 4.79 Å². The van der Waals surface area contributed by atoms with Gasteiger partial charge in [0.25, 0.3) is 0 Å². The lowest BCUT2D eigenvalue weighted by Gasteiger charge is -2.25. The van der Waals surface area contributed by atoms with E-state index in [1.54, 1.807) is 0 Å². The normalized spacial score (nSPS) is 38.8. The van der Waals surface area contributed by atoms with Crippen LogP contribution in [0.1, 0.15) is 19.3 Å². The van der Waals surface area contributed by atoms with Crippen LogP contribution in [-0.4, -0.2) is 49.6 Å². The minimum atomic E-state index is 0.290. The number of carbonyl (C=O) groups excluding carboxylic acids is 1. The van der Waals surface area contributed by atoms with E-state index < -0.39 is 0 Å². The maximum atomic E-state index is 12.5. The number of hydrogen-bond acceptors (Lipinski definition) is 3. The molecule has 0 radical (unpaired) electrons. The Labute approximate surface area is 96.8 Å². The lowest BCUT2D eigenvalue weighted by atomic mass is 9.96. The summed E-state index contributed by atoms with van der Waals surface area (Å²) >= 11 is 0. The fourth-order valence-electron chi connectivity index (χ4n) is 3.49. The molecule has 4 nitrogen and oxygen atoms in total. The Morgan fingerprint density at radius 1 is 1.19 bits per heavy atom. The summed E-state index contributed by atoms with van der Waals surface area (Å²) < 4.78 is 0. The van der Waals surface area contributed by atoms with Crippen LogP contribution in [0, 0.1) is 11.8 Å². The fourth-order valence-corrected chi connectivity index (χ4v) is 3.49. The molecule has 0 unspecified atom stereocenters. The summed E-state index contributed by atoms with van der Waals surface area (Å²) in [6.07, 6.45) is 3.55. The summed E-state index contributed by atoms with van der Waals surface area (Å²) in [6, 6.07) is 0.480. The molecule has 16 heavy (non-hydrogen) atoms.